The molecule has 24 heavy (non-hydrogen) atoms. The Kier molecular flexibility index (Phi) is 3.19. The van der Waals surface area contributed by atoms with Crippen molar-refractivity contribution in [2.75, 3.05) is 30.5 Å². The van der Waals surface area contributed by atoms with E-state index in [1.54, 1.807) is 55.4 Å². The summed E-state index contributed by atoms with van der Waals surface area (Å²) in [5, 5.41) is 0. The highest BCUT2D eigenvalue weighted by Crippen LogP contribution is 2.40. The van der Waals surface area contributed by atoms with E-state index in [0.29, 0.717) is 28.4 Å². The summed E-state index contributed by atoms with van der Waals surface area (Å²) in [4.78, 5) is 27.6. The molecular formula is C18H15N2O4. The number of carbonyl (C=O) groups excluding carboxylic acids is 2. The van der Waals surface area contributed by atoms with Crippen LogP contribution in [0.5, 0.6) is 11.5 Å². The van der Waals surface area contributed by atoms with Crippen LogP contribution in [0.4, 0.5) is 11.4 Å². The van der Waals surface area contributed by atoms with Crippen molar-refractivity contribution in [3.05, 3.63) is 48.0 Å². The molecule has 2 heterocycles. The van der Waals surface area contributed by atoms with E-state index in [-0.39, 0.29) is 18.4 Å². The van der Waals surface area contributed by atoms with Crippen molar-refractivity contribution >= 4 is 23.2 Å². The molecule has 0 N–H and O–H groups in total. The molecule has 0 saturated carbocycles. The maximum Gasteiger partial charge on any atom is 0.272 e. The zero-order valence-corrected chi connectivity index (χ0v) is 13.3. The number of amides is 2. The molecule has 2 aliphatic heterocycles. The molecule has 0 fully saturated rings. The van der Waals surface area contributed by atoms with E-state index in [2.05, 4.69) is 6.07 Å². The fraction of sp³-hybridized carbons (Fsp3) is 0.222. The molecule has 0 aromatic heterocycles. The maximum atomic E-state index is 12.7. The lowest BCUT2D eigenvalue weighted by atomic mass is 10.0. The van der Waals surface area contributed by atoms with Gasteiger partial charge >= 0.3 is 0 Å². The Labute approximate surface area is 139 Å². The summed E-state index contributed by atoms with van der Waals surface area (Å²) in [5.41, 5.74) is 2.02. The van der Waals surface area contributed by atoms with Crippen LogP contribution >= 0.6 is 0 Å². The van der Waals surface area contributed by atoms with E-state index in [0.717, 1.165) is 0 Å². The SMILES string of the molecule is CN1C(=O)COc2ccc(C3Oc4c[c]ccc4N(C)C3=O)cc21. The first-order chi connectivity index (χ1) is 11.6. The standard InChI is InChI=1S/C18H15N2O4/c1-19-13-9-11(7-8-14(13)23-10-16(19)21)17-18(22)20(2)12-5-3-4-6-15(12)24-17/h3,5-9,17H,10H2,1-2H3. The quantitative estimate of drug-likeness (QED) is 0.805. The number of ether oxygens (including phenoxy) is 2. The third-order valence-electron chi connectivity index (χ3n) is 4.34. The molecule has 2 aliphatic rings. The third kappa shape index (κ3) is 2.11. The zero-order valence-electron chi connectivity index (χ0n) is 13.3. The maximum absolute atomic E-state index is 12.7. The summed E-state index contributed by atoms with van der Waals surface area (Å²) in [6.45, 7) is 0.0215. The zero-order chi connectivity index (χ0) is 16.8. The highest BCUT2D eigenvalue weighted by Gasteiger charge is 2.34. The summed E-state index contributed by atoms with van der Waals surface area (Å²) >= 11 is 0. The summed E-state index contributed by atoms with van der Waals surface area (Å²) in [7, 11) is 3.40. The van der Waals surface area contributed by atoms with Gasteiger partial charge in [-0.05, 0) is 30.3 Å². The Morgan fingerprint density at radius 1 is 1.08 bits per heavy atom. The van der Waals surface area contributed by atoms with Crippen LogP contribution in [0.1, 0.15) is 11.7 Å². The van der Waals surface area contributed by atoms with Crippen LogP contribution < -0.4 is 19.3 Å². The molecular weight excluding hydrogens is 308 g/mol. The highest BCUT2D eigenvalue weighted by atomic mass is 16.5. The van der Waals surface area contributed by atoms with Gasteiger partial charge in [-0.15, -0.1) is 0 Å². The van der Waals surface area contributed by atoms with Crippen molar-refractivity contribution in [2.45, 2.75) is 6.10 Å². The second-order valence-electron chi connectivity index (χ2n) is 5.76. The van der Waals surface area contributed by atoms with Crippen molar-refractivity contribution in [3.8, 4) is 11.5 Å². The van der Waals surface area contributed by atoms with Gasteiger partial charge in [0.05, 0.1) is 11.4 Å². The summed E-state index contributed by atoms with van der Waals surface area (Å²) in [6.07, 6.45) is -0.769. The number of anilines is 2. The predicted octanol–water partition coefficient (Wildman–Crippen LogP) is 1.94. The van der Waals surface area contributed by atoms with Crippen LogP contribution in [-0.4, -0.2) is 32.5 Å². The van der Waals surface area contributed by atoms with Gasteiger partial charge < -0.3 is 19.3 Å². The molecule has 4 rings (SSSR count). The number of carbonyl (C=O) groups is 2. The second kappa shape index (κ2) is 5.26. The lowest BCUT2D eigenvalue weighted by Gasteiger charge is -2.33. The van der Waals surface area contributed by atoms with Gasteiger partial charge in [0.15, 0.2) is 6.61 Å². The van der Waals surface area contributed by atoms with Gasteiger partial charge in [0.25, 0.3) is 11.8 Å². The molecule has 0 spiro atoms. The first-order valence-electron chi connectivity index (χ1n) is 7.54. The lowest BCUT2D eigenvalue weighted by molar-refractivity contribution is -0.126. The Bertz CT molecular complexity index is 849. The van der Waals surface area contributed by atoms with Crippen molar-refractivity contribution < 1.29 is 19.1 Å². The summed E-state index contributed by atoms with van der Waals surface area (Å²) in [5.74, 6) is 0.918. The average Bonchev–Trinajstić information content (AvgIpc) is 2.61. The molecule has 1 unspecified atom stereocenters. The van der Waals surface area contributed by atoms with Crippen molar-refractivity contribution in [1.82, 2.24) is 0 Å². The smallest absolute Gasteiger partial charge is 0.272 e. The van der Waals surface area contributed by atoms with Gasteiger partial charge in [-0.1, -0.05) is 12.1 Å². The van der Waals surface area contributed by atoms with Gasteiger partial charge in [-0.25, -0.2) is 0 Å². The van der Waals surface area contributed by atoms with Gasteiger partial charge in [-0.2, -0.15) is 0 Å². The molecule has 6 nitrogen and oxygen atoms in total. The second-order valence-corrected chi connectivity index (χ2v) is 5.76. The van der Waals surface area contributed by atoms with Crippen LogP contribution in [-0.2, 0) is 9.59 Å². The Morgan fingerprint density at radius 2 is 1.92 bits per heavy atom. The van der Waals surface area contributed by atoms with Crippen molar-refractivity contribution in [1.29, 1.82) is 0 Å². The van der Waals surface area contributed by atoms with E-state index in [1.807, 2.05) is 0 Å². The van der Waals surface area contributed by atoms with Crippen LogP contribution in [0.25, 0.3) is 0 Å². The lowest BCUT2D eigenvalue weighted by Crippen LogP contribution is -2.39. The molecule has 121 valence electrons. The van der Waals surface area contributed by atoms with Crippen molar-refractivity contribution in [2.24, 2.45) is 0 Å². The van der Waals surface area contributed by atoms with E-state index in [1.165, 1.54) is 4.90 Å². The number of nitrogens with zero attached hydrogens (tertiary/aromatic N) is 2. The first kappa shape index (κ1) is 14.6. The van der Waals surface area contributed by atoms with E-state index in [4.69, 9.17) is 9.47 Å². The van der Waals surface area contributed by atoms with Gasteiger partial charge in [0.1, 0.15) is 11.5 Å². The summed E-state index contributed by atoms with van der Waals surface area (Å²) < 4.78 is 11.3. The summed E-state index contributed by atoms with van der Waals surface area (Å²) in [6, 6.07) is 13.5. The van der Waals surface area contributed by atoms with E-state index in [9.17, 15) is 9.59 Å². The van der Waals surface area contributed by atoms with Crippen LogP contribution in [0, 0.1) is 6.07 Å². The minimum Gasteiger partial charge on any atom is -0.482 e. The third-order valence-corrected chi connectivity index (χ3v) is 4.34. The highest BCUT2D eigenvalue weighted by molar-refractivity contribution is 6.01. The Morgan fingerprint density at radius 3 is 2.75 bits per heavy atom. The fourth-order valence-corrected chi connectivity index (χ4v) is 2.91. The minimum atomic E-state index is -0.769. The van der Waals surface area contributed by atoms with Gasteiger partial charge in [0, 0.05) is 19.7 Å². The van der Waals surface area contributed by atoms with Gasteiger partial charge in [-0.3, -0.25) is 9.59 Å². The van der Waals surface area contributed by atoms with E-state index >= 15 is 0 Å². The molecule has 2 amide bonds. The Balaban J connectivity index is 1.75. The molecule has 0 aliphatic carbocycles. The van der Waals surface area contributed by atoms with Crippen LogP contribution in [0.2, 0.25) is 0 Å². The topological polar surface area (TPSA) is 59.1 Å². The van der Waals surface area contributed by atoms with Gasteiger partial charge in [0.2, 0.25) is 6.10 Å². The van der Waals surface area contributed by atoms with Crippen LogP contribution in [0.3, 0.4) is 0 Å². The largest absolute Gasteiger partial charge is 0.482 e. The fourth-order valence-electron chi connectivity index (χ4n) is 2.91. The normalized spacial score (nSPS) is 19.3. The Hall–Kier alpha value is -3.02. The monoisotopic (exact) mass is 323 g/mol. The van der Waals surface area contributed by atoms with Crippen molar-refractivity contribution in [3.63, 3.8) is 0 Å². The molecule has 2 aromatic carbocycles. The molecule has 1 radical (unpaired) electrons. The molecule has 1 atom stereocenters. The molecule has 6 heteroatoms. The first-order valence-corrected chi connectivity index (χ1v) is 7.54. The number of likely N-dealkylation sites (N-methyl/N-ethyl adjacent to an activating group) is 2. The molecule has 0 bridgehead atoms. The minimum absolute atomic E-state index is 0.0215. The van der Waals surface area contributed by atoms with E-state index < -0.39 is 6.10 Å². The number of hydrogen-bond acceptors (Lipinski definition) is 4. The molecule has 0 saturated heterocycles. The number of benzene rings is 2. The number of fused-ring (bicyclic) bond motifs is 2. The van der Waals surface area contributed by atoms with Crippen LogP contribution in [0.15, 0.2) is 36.4 Å². The molecule has 2 aromatic rings. The number of hydrogen-bond donors (Lipinski definition) is 0. The predicted molar refractivity (Wildman–Crippen MR) is 87.4 cm³/mol. The average molecular weight is 323 g/mol. The number of rotatable bonds is 1.